The number of benzene rings is 1. The quantitative estimate of drug-likeness (QED) is 0.350. The maximum absolute atomic E-state index is 12.8. The first-order valence-corrected chi connectivity index (χ1v) is 10.9. The second-order valence-corrected chi connectivity index (χ2v) is 8.36. The number of hydrogen-bond acceptors (Lipinski definition) is 7. The highest BCUT2D eigenvalue weighted by Gasteiger charge is 2.49. The van der Waals surface area contributed by atoms with Crippen LogP contribution in [0.25, 0.3) is 11.1 Å². The zero-order valence-corrected chi connectivity index (χ0v) is 18.1. The van der Waals surface area contributed by atoms with Crippen LogP contribution < -0.4 is 14.8 Å². The van der Waals surface area contributed by atoms with Crippen LogP contribution >= 0.6 is 0 Å². The number of anilines is 1. The Morgan fingerprint density at radius 2 is 2.00 bits per heavy atom. The first-order valence-electron chi connectivity index (χ1n) is 10.9. The van der Waals surface area contributed by atoms with Gasteiger partial charge in [0.25, 0.3) is 0 Å². The number of rotatable bonds is 5. The van der Waals surface area contributed by atoms with Gasteiger partial charge in [0, 0.05) is 35.5 Å². The molecule has 34 heavy (non-hydrogen) atoms. The van der Waals surface area contributed by atoms with Crippen LogP contribution in [-0.4, -0.2) is 28.7 Å². The molecule has 0 atom stereocenters. The number of halogens is 1. The summed E-state index contributed by atoms with van der Waals surface area (Å²) in [6.45, 7) is -0.914. The Labute approximate surface area is 194 Å². The van der Waals surface area contributed by atoms with Crippen LogP contribution in [0.1, 0.15) is 41.6 Å². The molecule has 1 N–H and O–H groups in total. The van der Waals surface area contributed by atoms with Gasteiger partial charge in [-0.15, -0.1) is 0 Å². The highest BCUT2D eigenvalue weighted by atomic mass is 19.1. The molecule has 3 aromatic rings. The molecule has 1 aliphatic heterocycles. The summed E-state index contributed by atoms with van der Waals surface area (Å²) in [6, 6.07) is 8.52. The number of nitrogens with zero attached hydrogens (tertiary/aromatic N) is 3. The van der Waals surface area contributed by atoms with Crippen molar-refractivity contribution in [2.24, 2.45) is 5.92 Å². The molecule has 174 valence electrons. The van der Waals surface area contributed by atoms with E-state index in [1.165, 1.54) is 12.4 Å². The maximum atomic E-state index is 12.8. The summed E-state index contributed by atoms with van der Waals surface area (Å²) in [5.74, 6) is -0.397. The predicted molar refractivity (Wildman–Crippen MR) is 117 cm³/mol. The van der Waals surface area contributed by atoms with Crippen molar-refractivity contribution in [3.8, 4) is 16.9 Å². The fourth-order valence-corrected chi connectivity index (χ4v) is 4.63. The normalized spacial score (nSPS) is 21.1. The molecule has 0 unspecified atom stereocenters. The number of ether oxygens (including phenoxy) is 2. The lowest BCUT2D eigenvalue weighted by molar-refractivity contribution is -0.605. The van der Waals surface area contributed by atoms with Crippen molar-refractivity contribution in [3.05, 3.63) is 71.5 Å². The third kappa shape index (κ3) is 4.02. The summed E-state index contributed by atoms with van der Waals surface area (Å²) < 4.78 is 23.5. The van der Waals surface area contributed by atoms with Crippen molar-refractivity contribution in [2.75, 3.05) is 12.2 Å². The molecule has 3 heterocycles. The Morgan fingerprint density at radius 1 is 1.24 bits per heavy atom. The van der Waals surface area contributed by atoms with Gasteiger partial charge in [-0.1, -0.05) is 12.1 Å². The number of pyridine rings is 1. The van der Waals surface area contributed by atoms with Crippen LogP contribution in [0.4, 0.5) is 10.3 Å². The van der Waals surface area contributed by atoms with Crippen LogP contribution in [0, 0.1) is 11.1 Å². The molecule has 1 fully saturated rings. The number of carbonyl (C=O) groups is 2. The number of nitrogens with one attached hydrogen (secondary N) is 1. The van der Waals surface area contributed by atoms with E-state index in [2.05, 4.69) is 15.3 Å². The minimum Gasteiger partial charge on any atom is -0.619 e. The summed E-state index contributed by atoms with van der Waals surface area (Å²) in [4.78, 5) is 33.5. The van der Waals surface area contributed by atoms with Crippen molar-refractivity contribution < 1.29 is 28.2 Å². The molecule has 10 heteroatoms. The minimum atomic E-state index is -0.914. The number of fused-ring (bicyclic) bond motifs is 2. The molecular weight excluding hydrogens is 443 g/mol. The molecule has 0 saturated heterocycles. The lowest BCUT2D eigenvalue weighted by Crippen LogP contribution is -2.36. The predicted octanol–water partition coefficient (Wildman–Crippen LogP) is 3.28. The fraction of sp³-hybridized carbons (Fsp3) is 0.292. The Hall–Kier alpha value is -4.08. The smallest absolute Gasteiger partial charge is 0.345 e. The lowest BCUT2D eigenvalue weighted by atomic mass is 9.75. The number of amides is 1. The first kappa shape index (κ1) is 21.7. The van der Waals surface area contributed by atoms with E-state index in [-0.39, 0.29) is 23.3 Å². The molecule has 5 rings (SSSR count). The molecular formula is C24H21FN4O5. The van der Waals surface area contributed by atoms with Gasteiger partial charge < -0.3 is 14.7 Å². The zero-order chi connectivity index (χ0) is 23.7. The van der Waals surface area contributed by atoms with Gasteiger partial charge in [0.2, 0.25) is 18.7 Å². The average Bonchev–Trinajstić information content (AvgIpc) is 3.10. The Bertz CT molecular complexity index is 1240. The molecule has 1 amide bonds. The van der Waals surface area contributed by atoms with Gasteiger partial charge in [-0.25, -0.2) is 19.2 Å². The van der Waals surface area contributed by atoms with Crippen molar-refractivity contribution in [1.29, 1.82) is 0 Å². The molecule has 9 nitrogen and oxygen atoms in total. The van der Waals surface area contributed by atoms with E-state index in [1.807, 2.05) is 6.07 Å². The minimum absolute atomic E-state index is 0.183. The van der Waals surface area contributed by atoms with E-state index in [0.29, 0.717) is 47.3 Å². The topological polar surface area (TPSA) is 117 Å². The summed E-state index contributed by atoms with van der Waals surface area (Å²) >= 11 is 0. The van der Waals surface area contributed by atoms with Gasteiger partial charge in [0.1, 0.15) is 16.9 Å². The third-order valence-electron chi connectivity index (χ3n) is 6.37. The van der Waals surface area contributed by atoms with E-state index in [0.717, 1.165) is 5.56 Å². The standard InChI is InChI=1S/C24H21FN4O5/c25-14-33-18-3-1-2-16(10-18)17-11-26-23(27-12-17)28-21(30)15-4-7-24(8-5-15)20-6-9-29(32)13-19(20)22(31)34-24/h1-3,6,9-13,15H,4-5,7-8,14H2,(H,26,27,28,30)/t15-,24-. The van der Waals surface area contributed by atoms with Crippen molar-refractivity contribution >= 4 is 17.8 Å². The summed E-state index contributed by atoms with van der Waals surface area (Å²) in [7, 11) is 0. The Kier molecular flexibility index (Phi) is 5.56. The van der Waals surface area contributed by atoms with Gasteiger partial charge >= 0.3 is 5.97 Å². The van der Waals surface area contributed by atoms with Crippen molar-refractivity contribution in [3.63, 3.8) is 0 Å². The third-order valence-corrected chi connectivity index (χ3v) is 6.37. The van der Waals surface area contributed by atoms with Gasteiger partial charge in [0.15, 0.2) is 12.4 Å². The van der Waals surface area contributed by atoms with E-state index in [9.17, 15) is 19.2 Å². The highest BCUT2D eigenvalue weighted by molar-refractivity contribution is 5.94. The summed E-state index contributed by atoms with van der Waals surface area (Å²) in [5, 5.41) is 14.3. The second kappa shape index (κ2) is 8.69. The van der Waals surface area contributed by atoms with Crippen LogP contribution in [0.2, 0.25) is 0 Å². The van der Waals surface area contributed by atoms with Gasteiger partial charge in [-0.3, -0.25) is 10.1 Å². The van der Waals surface area contributed by atoms with E-state index in [1.54, 1.807) is 36.7 Å². The number of hydrogen-bond donors (Lipinski definition) is 1. The van der Waals surface area contributed by atoms with Crippen LogP contribution in [0.15, 0.2) is 55.1 Å². The lowest BCUT2D eigenvalue weighted by Gasteiger charge is -2.35. The van der Waals surface area contributed by atoms with E-state index >= 15 is 0 Å². The summed E-state index contributed by atoms with van der Waals surface area (Å²) in [5.41, 5.74) is 1.67. The summed E-state index contributed by atoms with van der Waals surface area (Å²) in [6.07, 6.45) is 7.75. The molecule has 1 spiro atoms. The van der Waals surface area contributed by atoms with Crippen LogP contribution in [0.3, 0.4) is 0 Å². The number of aromatic nitrogens is 3. The fourth-order valence-electron chi connectivity index (χ4n) is 4.63. The molecule has 0 radical (unpaired) electrons. The molecule has 0 bridgehead atoms. The largest absolute Gasteiger partial charge is 0.619 e. The highest BCUT2D eigenvalue weighted by Crippen LogP contribution is 2.47. The second-order valence-electron chi connectivity index (χ2n) is 8.36. The number of carbonyl (C=O) groups excluding carboxylic acids is 2. The van der Waals surface area contributed by atoms with Gasteiger partial charge in [0.05, 0.1) is 0 Å². The van der Waals surface area contributed by atoms with E-state index in [4.69, 9.17) is 9.47 Å². The number of esters is 1. The molecule has 1 aliphatic carbocycles. The Morgan fingerprint density at radius 3 is 2.74 bits per heavy atom. The first-order chi connectivity index (χ1) is 16.5. The SMILES string of the molecule is O=C1O[C@]2(CC[C@H](C(=O)Nc3ncc(-c4cccc(OCF)c4)cn3)CC2)c2cc[n+]([O-])cc21. The molecule has 1 saturated carbocycles. The van der Waals surface area contributed by atoms with Gasteiger partial charge in [-0.05, 0) is 43.4 Å². The van der Waals surface area contributed by atoms with Gasteiger partial charge in [-0.2, -0.15) is 4.73 Å². The molecule has 2 aromatic heterocycles. The van der Waals surface area contributed by atoms with Crippen LogP contribution in [0.5, 0.6) is 5.75 Å². The van der Waals surface area contributed by atoms with Crippen LogP contribution in [-0.2, 0) is 15.1 Å². The zero-order valence-electron chi connectivity index (χ0n) is 18.1. The monoisotopic (exact) mass is 464 g/mol. The maximum Gasteiger partial charge on any atom is 0.345 e. The molecule has 1 aromatic carbocycles. The average molecular weight is 464 g/mol. The van der Waals surface area contributed by atoms with Crippen molar-refractivity contribution in [2.45, 2.75) is 31.3 Å². The van der Waals surface area contributed by atoms with E-state index < -0.39 is 18.4 Å². The molecule has 2 aliphatic rings. The Balaban J connectivity index is 1.22. The number of alkyl halides is 1. The van der Waals surface area contributed by atoms with Crippen molar-refractivity contribution in [1.82, 2.24) is 9.97 Å².